The van der Waals surface area contributed by atoms with E-state index in [-0.39, 0.29) is 184 Å². The fraction of sp³-hybridized carbons (Fsp3) is 0.772. The normalized spacial score (nSPS) is 25.0. The third kappa shape index (κ3) is 30.6. The molecule has 6 fully saturated rings. The maximum Gasteiger partial charge on any atom is 0.407 e. The molecule has 610 valence electrons. The molecule has 0 aromatic heterocycles. The minimum Gasteiger partial charge on any atom is -0.464 e. The van der Waals surface area contributed by atoms with Crippen LogP contribution in [0, 0.1) is 107 Å². The number of hydrogen-bond donors (Lipinski definition) is 3. The number of azide groups is 1. The van der Waals surface area contributed by atoms with E-state index in [1.54, 1.807) is 56.2 Å². The number of rotatable bonds is 33. The molecule has 0 radical (unpaired) electrons. The van der Waals surface area contributed by atoms with Crippen LogP contribution >= 0.6 is 0 Å². The minimum atomic E-state index is -0.658. The molecule has 110 heavy (non-hydrogen) atoms. The van der Waals surface area contributed by atoms with Gasteiger partial charge in [0, 0.05) is 135 Å². The lowest BCUT2D eigenvalue weighted by Crippen LogP contribution is -2.59. The maximum absolute atomic E-state index is 13.5. The number of hydrogen-bond acceptors (Lipinski definition) is 23. The number of ketones is 3. The molecule has 0 aromatic rings. The maximum atomic E-state index is 13.5. The van der Waals surface area contributed by atoms with Crippen LogP contribution in [-0.2, 0) is 76.3 Å². The van der Waals surface area contributed by atoms with Crippen LogP contribution in [0.4, 0.5) is 14.4 Å². The van der Waals surface area contributed by atoms with Crippen LogP contribution in [0.3, 0.4) is 0 Å². The number of piperazine rings is 3. The van der Waals surface area contributed by atoms with E-state index in [1.165, 1.54) is 14.0 Å². The molecular formula is C79H120N12O19. The van der Waals surface area contributed by atoms with E-state index in [9.17, 15) is 57.5 Å². The molecule has 0 spiro atoms. The first kappa shape index (κ1) is 90.4. The molecule has 6 unspecified atom stereocenters. The van der Waals surface area contributed by atoms with E-state index in [1.807, 2.05) is 14.7 Å². The van der Waals surface area contributed by atoms with Gasteiger partial charge < -0.3 is 63.8 Å². The van der Waals surface area contributed by atoms with Gasteiger partial charge in [-0.2, -0.15) is 0 Å². The zero-order valence-corrected chi connectivity index (χ0v) is 65.1. The summed E-state index contributed by atoms with van der Waals surface area (Å²) in [6, 6.07) is -1.29. The van der Waals surface area contributed by atoms with Gasteiger partial charge in [0.15, 0.2) is 11.6 Å². The Labute approximate surface area is 648 Å². The molecule has 31 heteroatoms. The zero-order chi connectivity index (χ0) is 78.9. The summed E-state index contributed by atoms with van der Waals surface area (Å²) in [4.78, 5) is 165. The Balaban J connectivity index is 0.000000374. The largest absolute Gasteiger partial charge is 0.464 e. The van der Waals surface area contributed by atoms with Crippen LogP contribution < -0.4 is 16.0 Å². The number of methoxy groups -OCH3 is 1. The molecule has 31 nitrogen and oxygen atoms in total. The quantitative estimate of drug-likeness (QED) is 0.0128. The predicted octanol–water partition coefficient (Wildman–Crippen LogP) is 6.04. The lowest BCUT2D eigenvalue weighted by Gasteiger charge is -2.41. The van der Waals surface area contributed by atoms with Crippen molar-refractivity contribution in [2.24, 2.45) is 76.1 Å². The van der Waals surface area contributed by atoms with Crippen molar-refractivity contribution in [3.05, 3.63) is 10.4 Å². The smallest absolute Gasteiger partial charge is 0.407 e. The first-order valence-electron chi connectivity index (χ1n) is 39.0. The van der Waals surface area contributed by atoms with Gasteiger partial charge in [0.2, 0.25) is 17.7 Å². The Hall–Kier alpha value is -8.53. The second-order valence-corrected chi connectivity index (χ2v) is 30.6. The number of amides is 6. The molecule has 12 atom stereocenters. The second kappa shape index (κ2) is 47.0. The van der Waals surface area contributed by atoms with Crippen molar-refractivity contribution in [2.75, 3.05) is 152 Å². The summed E-state index contributed by atoms with van der Waals surface area (Å²) in [7, 11) is 1.47. The third-order valence-corrected chi connectivity index (χ3v) is 21.7. The van der Waals surface area contributed by atoms with Crippen molar-refractivity contribution in [1.82, 2.24) is 45.3 Å². The van der Waals surface area contributed by atoms with Gasteiger partial charge in [-0.15, -0.1) is 35.5 Å². The molecule has 3 aliphatic heterocycles. The average Bonchev–Trinajstić information content (AvgIpc) is 1.68. The Bertz CT molecular complexity index is 3330. The van der Waals surface area contributed by atoms with Gasteiger partial charge in [0.1, 0.15) is 38.9 Å². The van der Waals surface area contributed by atoms with Crippen LogP contribution in [0.1, 0.15) is 152 Å². The van der Waals surface area contributed by atoms with Crippen LogP contribution in [0.15, 0.2) is 5.11 Å². The molecule has 3 N–H and O–H groups in total. The number of nitrogens with zero attached hydrogens (tertiary/aromatic N) is 9. The van der Waals surface area contributed by atoms with E-state index in [0.717, 1.165) is 77.0 Å². The Morgan fingerprint density at radius 3 is 1.04 bits per heavy atom. The number of carbonyl (C=O) groups is 12. The van der Waals surface area contributed by atoms with Gasteiger partial charge in [-0.3, -0.25) is 57.9 Å². The fourth-order valence-electron chi connectivity index (χ4n) is 15.3. The van der Waals surface area contributed by atoms with Crippen molar-refractivity contribution in [3.63, 3.8) is 0 Å². The fourth-order valence-corrected chi connectivity index (χ4v) is 15.3. The monoisotopic (exact) mass is 1540 g/mol. The van der Waals surface area contributed by atoms with Crippen molar-refractivity contribution in [3.8, 4) is 35.5 Å². The van der Waals surface area contributed by atoms with E-state index in [4.69, 9.17) is 34.0 Å². The Morgan fingerprint density at radius 2 is 0.745 bits per heavy atom. The lowest BCUT2D eigenvalue weighted by atomic mass is 10.1. The molecule has 0 bridgehead atoms. The number of carbonyl (C=O) groups excluding carboxylic acids is 12. The summed E-state index contributed by atoms with van der Waals surface area (Å²) in [5.74, 6) is 20.1. The zero-order valence-electron chi connectivity index (χ0n) is 65.1. The summed E-state index contributed by atoms with van der Waals surface area (Å²) >= 11 is 0. The lowest BCUT2D eigenvalue weighted by molar-refractivity contribution is -0.152. The van der Waals surface area contributed by atoms with E-state index >= 15 is 0 Å². The van der Waals surface area contributed by atoms with Gasteiger partial charge in [0.05, 0.1) is 81.8 Å². The highest BCUT2D eigenvalue weighted by Crippen LogP contribution is 2.54. The Kier molecular flexibility index (Phi) is 38.6. The summed E-state index contributed by atoms with van der Waals surface area (Å²) in [6.07, 6.45) is 9.70. The van der Waals surface area contributed by atoms with Crippen molar-refractivity contribution in [1.29, 1.82) is 0 Å². The molecule has 9 aliphatic rings. The number of fused-ring (bicyclic) bond motifs is 3. The number of alkyl carbamates (subject to hydrolysis) is 3. The number of Topliss-reactive ketones (excluding diaryl/α,β-unsaturated/α-hetero) is 3. The van der Waals surface area contributed by atoms with Gasteiger partial charge in [-0.05, 0) is 104 Å². The van der Waals surface area contributed by atoms with Crippen molar-refractivity contribution >= 4 is 71.3 Å². The predicted molar refractivity (Wildman–Crippen MR) is 404 cm³/mol. The van der Waals surface area contributed by atoms with E-state index in [2.05, 4.69) is 66.2 Å². The molecule has 0 aromatic carbocycles. The first-order chi connectivity index (χ1) is 52.3. The molecule has 6 aliphatic carbocycles. The molecular weight excluding hydrogens is 1420 g/mol. The van der Waals surface area contributed by atoms with Gasteiger partial charge in [-0.1, -0.05) is 54.1 Å². The van der Waals surface area contributed by atoms with Gasteiger partial charge in [-0.25, -0.2) is 14.4 Å². The van der Waals surface area contributed by atoms with E-state index < -0.39 is 42.3 Å². The summed E-state index contributed by atoms with van der Waals surface area (Å²) < 4.78 is 37.2. The van der Waals surface area contributed by atoms with Crippen LogP contribution in [0.25, 0.3) is 10.4 Å². The van der Waals surface area contributed by atoms with E-state index in [0.29, 0.717) is 106 Å². The van der Waals surface area contributed by atoms with Crippen LogP contribution in [0.2, 0.25) is 0 Å². The highest BCUT2D eigenvalue weighted by atomic mass is 16.6. The SMILES string of the molecule is C.CC(=O)CN1CCN(C(=O)CCNC(=O)OCC2[C@H]3CCC#CCC[C@@H]23)CC1COC(=O)C(C)C.CC(C)C(=O)OCC1CN(C(=O)CCNC(=O)OCC2[C@H]3CCC#CCC[C@@H]23)CCN1CC(=O)CC(=O)CN1CCN(C(=O)CNC(=O)OCC2[C@H]3CCC#CCC[C@@H]23)CC1COC(=O)C(C)C.COCN=[N+]=[N-]. The molecule has 3 saturated heterocycles. The van der Waals surface area contributed by atoms with Crippen molar-refractivity contribution in [2.45, 2.75) is 170 Å². The van der Waals surface area contributed by atoms with Gasteiger partial charge >= 0.3 is 36.2 Å². The van der Waals surface area contributed by atoms with Gasteiger partial charge in [0.25, 0.3) is 0 Å². The van der Waals surface area contributed by atoms with Crippen molar-refractivity contribution < 1.29 is 90.7 Å². The second-order valence-electron chi connectivity index (χ2n) is 30.6. The van der Waals surface area contributed by atoms with Crippen LogP contribution in [-0.4, -0.2) is 270 Å². The Morgan fingerprint density at radius 1 is 0.436 bits per heavy atom. The minimum absolute atomic E-state index is 0. The number of ether oxygens (including phenoxy) is 7. The average molecular weight is 1540 g/mol. The molecule has 6 amide bonds. The first-order valence-corrected chi connectivity index (χ1v) is 39.0. The number of nitrogens with one attached hydrogen (secondary N) is 3. The van der Waals surface area contributed by atoms with Crippen LogP contribution in [0.5, 0.6) is 0 Å². The third-order valence-electron chi connectivity index (χ3n) is 21.7. The standard InChI is InChI=1S/C50H72N6O12.C26H39N3O6.C2H5N3O.CH4/c1-33(2)47(61)65-29-35-25-55(45(59)17-18-51-49(63)67-31-43-39-13-9-5-6-10-14-40(39)43)21-19-53(35)27-37(57)23-38(58)28-54-20-22-56(26-36(54)30-66-48(62)34(3)4)46(60)24-52-50(64)68-32-44-41-15-11-7-8-12-16-42(41)44;1-18(2)25(32)34-16-20-15-29(13-12-28(20)14-19(3)30)24(31)10-11-27-26(33)35-17-23-21-8-6-4-5-7-9-22(21)23;1-6-2-4-5-3;/h33-36,39-44H,9-32H2,1-4H3,(H,51,63)(H,52,64);18,20-23H,6-17H2,1-3H3,(H,27,33);2H2,1H3;1H4/t35?,36?,39-,40+,41-,42+,43?,44?;20?,21-,22+,23?;;. The highest BCUT2D eigenvalue weighted by molar-refractivity contribution is 6.01. The highest BCUT2D eigenvalue weighted by Gasteiger charge is 2.51. The molecule has 3 saturated carbocycles. The molecule has 9 rings (SSSR count). The topological polar surface area (TPSA) is 374 Å². The summed E-state index contributed by atoms with van der Waals surface area (Å²) in [6.45, 7) is 15.9. The molecule has 3 heterocycles. The summed E-state index contributed by atoms with van der Waals surface area (Å²) in [5.41, 5.74) is 7.58. The number of esters is 3. The summed E-state index contributed by atoms with van der Waals surface area (Å²) in [5, 5.41) is 11.0.